The molecule has 0 spiro atoms. The standard InChI is InChI=1S/C18H20N2O3S2/c1-2-3-7-19-8-6-13-9-12(4-5-14(13)19)10-15-17(23)20(11-16(21)22)18(24)25-15/h4-5,9-10H,2-3,6-8,11H2,1H3,(H,21,22). The Bertz CT molecular complexity index is 761. The third-order valence-electron chi connectivity index (χ3n) is 4.34. The lowest BCUT2D eigenvalue weighted by molar-refractivity contribution is -0.140. The van der Waals surface area contributed by atoms with Gasteiger partial charge in [0, 0.05) is 18.8 Å². The molecule has 1 aromatic rings. The Morgan fingerprint density at radius 1 is 1.44 bits per heavy atom. The highest BCUT2D eigenvalue weighted by Gasteiger charge is 2.33. The van der Waals surface area contributed by atoms with E-state index in [1.165, 1.54) is 24.1 Å². The van der Waals surface area contributed by atoms with Gasteiger partial charge in [-0.25, -0.2) is 0 Å². The largest absolute Gasteiger partial charge is 0.480 e. The molecular formula is C18H20N2O3S2. The van der Waals surface area contributed by atoms with E-state index in [4.69, 9.17) is 17.3 Å². The van der Waals surface area contributed by atoms with Crippen molar-refractivity contribution in [2.45, 2.75) is 26.2 Å². The molecule has 1 aromatic carbocycles. The van der Waals surface area contributed by atoms with Crippen LogP contribution in [-0.4, -0.2) is 45.8 Å². The number of rotatable bonds is 6. The normalized spacial score (nSPS) is 18.4. The average Bonchev–Trinajstić information content (AvgIpc) is 3.08. The van der Waals surface area contributed by atoms with Crippen molar-refractivity contribution in [3.05, 3.63) is 34.2 Å². The Hall–Kier alpha value is -1.86. The molecule has 25 heavy (non-hydrogen) atoms. The molecule has 0 atom stereocenters. The van der Waals surface area contributed by atoms with Gasteiger partial charge in [-0.05, 0) is 42.2 Å². The molecule has 0 bridgehead atoms. The first-order valence-corrected chi connectivity index (χ1v) is 9.57. The minimum Gasteiger partial charge on any atom is -0.480 e. The van der Waals surface area contributed by atoms with Gasteiger partial charge in [0.1, 0.15) is 10.9 Å². The second-order valence-corrected chi connectivity index (χ2v) is 7.82. The van der Waals surface area contributed by atoms with Crippen molar-refractivity contribution in [1.82, 2.24) is 4.90 Å². The number of carbonyl (C=O) groups excluding carboxylic acids is 1. The highest BCUT2D eigenvalue weighted by Crippen LogP contribution is 2.34. The summed E-state index contributed by atoms with van der Waals surface area (Å²) in [6.07, 6.45) is 5.19. The van der Waals surface area contributed by atoms with E-state index in [1.807, 2.05) is 6.07 Å². The molecule has 0 aromatic heterocycles. The maximum atomic E-state index is 12.3. The number of nitrogens with zero attached hydrogens (tertiary/aromatic N) is 2. The number of anilines is 1. The second kappa shape index (κ2) is 7.58. The number of aliphatic carboxylic acids is 1. The summed E-state index contributed by atoms with van der Waals surface area (Å²) >= 11 is 6.28. The monoisotopic (exact) mass is 376 g/mol. The number of fused-ring (bicyclic) bond motifs is 1. The first-order chi connectivity index (χ1) is 12.0. The molecule has 132 valence electrons. The number of carboxylic acids is 1. The van der Waals surface area contributed by atoms with Gasteiger partial charge in [-0.1, -0.05) is 43.4 Å². The van der Waals surface area contributed by atoms with E-state index in [1.54, 1.807) is 6.08 Å². The zero-order chi connectivity index (χ0) is 18.0. The predicted octanol–water partition coefficient (Wildman–Crippen LogP) is 3.14. The SMILES string of the molecule is CCCCN1CCc2cc(C=C3SC(=S)N(CC(=O)O)C3=O)ccc21. The summed E-state index contributed by atoms with van der Waals surface area (Å²) in [6.45, 7) is 3.93. The highest BCUT2D eigenvalue weighted by atomic mass is 32.2. The number of hydrogen-bond donors (Lipinski definition) is 1. The van der Waals surface area contributed by atoms with E-state index in [0.717, 1.165) is 41.7 Å². The van der Waals surface area contributed by atoms with Crippen LogP contribution in [0.4, 0.5) is 5.69 Å². The summed E-state index contributed by atoms with van der Waals surface area (Å²) < 4.78 is 0.297. The summed E-state index contributed by atoms with van der Waals surface area (Å²) in [5.74, 6) is -1.40. The van der Waals surface area contributed by atoms with Gasteiger partial charge in [0.05, 0.1) is 4.91 Å². The van der Waals surface area contributed by atoms with Crippen LogP contribution >= 0.6 is 24.0 Å². The smallest absolute Gasteiger partial charge is 0.323 e. The van der Waals surface area contributed by atoms with Crippen molar-refractivity contribution in [1.29, 1.82) is 0 Å². The molecule has 0 saturated carbocycles. The zero-order valence-electron chi connectivity index (χ0n) is 14.0. The van der Waals surface area contributed by atoms with Crippen LogP contribution in [0, 0.1) is 0 Å². The average molecular weight is 377 g/mol. The summed E-state index contributed by atoms with van der Waals surface area (Å²) in [5.41, 5.74) is 3.53. The van der Waals surface area contributed by atoms with Crippen molar-refractivity contribution in [3.8, 4) is 0 Å². The van der Waals surface area contributed by atoms with Crippen molar-refractivity contribution in [2.24, 2.45) is 0 Å². The van der Waals surface area contributed by atoms with E-state index >= 15 is 0 Å². The third kappa shape index (κ3) is 3.88. The molecule has 1 N–H and O–H groups in total. The first kappa shape index (κ1) is 17.9. The van der Waals surface area contributed by atoms with Crippen LogP contribution in [0.1, 0.15) is 30.9 Å². The third-order valence-corrected chi connectivity index (χ3v) is 5.72. The van der Waals surface area contributed by atoms with Crippen LogP contribution in [0.3, 0.4) is 0 Å². The molecule has 2 aliphatic rings. The van der Waals surface area contributed by atoms with E-state index < -0.39 is 12.5 Å². The molecule has 2 heterocycles. The van der Waals surface area contributed by atoms with Crippen LogP contribution in [0.25, 0.3) is 6.08 Å². The van der Waals surface area contributed by atoms with Gasteiger partial charge in [0.15, 0.2) is 0 Å². The van der Waals surface area contributed by atoms with Gasteiger partial charge in [-0.15, -0.1) is 0 Å². The fourth-order valence-corrected chi connectivity index (χ4v) is 4.34. The topological polar surface area (TPSA) is 60.9 Å². The number of amides is 1. The van der Waals surface area contributed by atoms with E-state index in [-0.39, 0.29) is 5.91 Å². The minimum atomic E-state index is -1.07. The number of thiocarbonyl (C=S) groups is 1. The maximum Gasteiger partial charge on any atom is 0.323 e. The summed E-state index contributed by atoms with van der Waals surface area (Å²) in [5, 5.41) is 8.89. The second-order valence-electron chi connectivity index (χ2n) is 6.14. The van der Waals surface area contributed by atoms with E-state index in [9.17, 15) is 9.59 Å². The van der Waals surface area contributed by atoms with Crippen molar-refractivity contribution in [2.75, 3.05) is 24.5 Å². The lowest BCUT2D eigenvalue weighted by atomic mass is 10.1. The molecule has 1 saturated heterocycles. The predicted molar refractivity (Wildman–Crippen MR) is 105 cm³/mol. The van der Waals surface area contributed by atoms with Gasteiger partial charge in [-0.3, -0.25) is 14.5 Å². The molecular weight excluding hydrogens is 356 g/mol. The number of carbonyl (C=O) groups is 2. The van der Waals surface area contributed by atoms with E-state index in [0.29, 0.717) is 9.23 Å². The van der Waals surface area contributed by atoms with Gasteiger partial charge in [0.25, 0.3) is 5.91 Å². The van der Waals surface area contributed by atoms with Crippen LogP contribution in [0.2, 0.25) is 0 Å². The molecule has 1 amide bonds. The van der Waals surface area contributed by atoms with Crippen LogP contribution in [-0.2, 0) is 16.0 Å². The summed E-state index contributed by atoms with van der Waals surface area (Å²) in [7, 11) is 0. The number of unbranched alkanes of at least 4 members (excludes halogenated alkanes) is 1. The Morgan fingerprint density at radius 2 is 2.24 bits per heavy atom. The fourth-order valence-electron chi connectivity index (χ4n) is 3.08. The van der Waals surface area contributed by atoms with E-state index in [2.05, 4.69) is 24.0 Å². The lowest BCUT2D eigenvalue weighted by Crippen LogP contribution is -2.33. The molecule has 7 heteroatoms. The van der Waals surface area contributed by atoms with Gasteiger partial charge < -0.3 is 10.0 Å². The van der Waals surface area contributed by atoms with Crippen molar-refractivity contribution in [3.63, 3.8) is 0 Å². The quantitative estimate of drug-likeness (QED) is 0.608. The Kier molecular flexibility index (Phi) is 5.44. The zero-order valence-corrected chi connectivity index (χ0v) is 15.7. The Balaban J connectivity index is 1.78. The van der Waals surface area contributed by atoms with Gasteiger partial charge in [-0.2, -0.15) is 0 Å². The van der Waals surface area contributed by atoms with Crippen molar-refractivity contribution < 1.29 is 14.7 Å². The fraction of sp³-hybridized carbons (Fsp3) is 0.389. The highest BCUT2D eigenvalue weighted by molar-refractivity contribution is 8.26. The van der Waals surface area contributed by atoms with Gasteiger partial charge >= 0.3 is 5.97 Å². The lowest BCUT2D eigenvalue weighted by Gasteiger charge is -2.18. The molecule has 2 aliphatic heterocycles. The Morgan fingerprint density at radius 3 is 2.96 bits per heavy atom. The number of carboxylic acid groups (broad SMARTS) is 1. The molecule has 3 rings (SSSR count). The molecule has 1 fully saturated rings. The Labute approximate surface area is 156 Å². The van der Waals surface area contributed by atoms with Crippen LogP contribution in [0.5, 0.6) is 0 Å². The first-order valence-electron chi connectivity index (χ1n) is 8.34. The summed E-state index contributed by atoms with van der Waals surface area (Å²) in [6, 6.07) is 6.24. The summed E-state index contributed by atoms with van der Waals surface area (Å²) in [4.78, 5) is 27.2. The van der Waals surface area contributed by atoms with Crippen LogP contribution in [0.15, 0.2) is 23.1 Å². The number of thioether (sulfide) groups is 1. The molecule has 0 aliphatic carbocycles. The molecule has 0 radical (unpaired) electrons. The van der Waals surface area contributed by atoms with Crippen LogP contribution < -0.4 is 4.90 Å². The maximum absolute atomic E-state index is 12.3. The number of benzene rings is 1. The van der Waals surface area contributed by atoms with Gasteiger partial charge in [0.2, 0.25) is 0 Å². The number of hydrogen-bond acceptors (Lipinski definition) is 5. The minimum absolute atomic E-state index is 0.297. The van der Waals surface area contributed by atoms with Crippen molar-refractivity contribution >= 4 is 51.9 Å². The molecule has 0 unspecified atom stereocenters. The molecule has 5 nitrogen and oxygen atoms in total.